The first kappa shape index (κ1) is 28.2. The number of hydrogen-bond acceptors (Lipinski definition) is 2. The van der Waals surface area contributed by atoms with E-state index in [1.165, 1.54) is 32.3 Å². The molecule has 0 saturated carbocycles. The standard InChI is InChI=1S/C36H27N3.2ClH.Fe/c1-23(37-35-15-7-13-29-19-25-9-3-5-11-27(25)21-31(29)35)33-17-18-34(39-33)24(2)38-36-16-8-14-30-20-26-10-4-6-12-28(26)22-32(30)36;;;/h3-22,39H,1-2H3;2*1H;/q;;;+2/p-2. The molecule has 1 aromatic heterocycles. The van der Waals surface area contributed by atoms with Crippen LogP contribution in [0.25, 0.3) is 43.1 Å². The second kappa shape index (κ2) is 12.5. The molecule has 6 heteroatoms. The summed E-state index contributed by atoms with van der Waals surface area (Å²) in [7, 11) is 9.53. The molecule has 7 aromatic rings. The fourth-order valence-electron chi connectivity index (χ4n) is 5.39. The van der Waals surface area contributed by atoms with E-state index in [0.29, 0.717) is 0 Å². The van der Waals surface area contributed by atoms with Crippen LogP contribution >= 0.6 is 20.2 Å². The first-order valence-electron chi connectivity index (χ1n) is 13.5. The third-order valence-corrected chi connectivity index (χ3v) is 7.49. The van der Waals surface area contributed by atoms with Crippen LogP contribution in [0.4, 0.5) is 11.4 Å². The summed E-state index contributed by atoms with van der Waals surface area (Å²) in [5.41, 5.74) is 5.79. The number of rotatable bonds is 4. The summed E-state index contributed by atoms with van der Waals surface area (Å²) in [6, 6.07) is 42.7. The van der Waals surface area contributed by atoms with E-state index in [1.54, 1.807) is 0 Å². The average Bonchev–Trinajstić information content (AvgIpc) is 3.51. The summed E-state index contributed by atoms with van der Waals surface area (Å²) in [6.07, 6.45) is 0. The zero-order chi connectivity index (χ0) is 29.1. The van der Waals surface area contributed by atoms with Crippen molar-refractivity contribution < 1.29 is 13.1 Å². The molecule has 0 fully saturated rings. The van der Waals surface area contributed by atoms with Crippen LogP contribution in [0.2, 0.25) is 0 Å². The molecule has 1 N–H and O–H groups in total. The van der Waals surface area contributed by atoms with Gasteiger partial charge in [-0.25, -0.2) is 0 Å². The van der Waals surface area contributed by atoms with E-state index in [0.717, 1.165) is 45.0 Å². The van der Waals surface area contributed by atoms with Gasteiger partial charge >= 0.3 is 33.3 Å². The van der Waals surface area contributed by atoms with Crippen molar-refractivity contribution in [1.82, 2.24) is 4.98 Å². The molecule has 0 unspecified atom stereocenters. The fraction of sp³-hybridized carbons (Fsp3) is 0.0556. The second-order valence-electron chi connectivity index (χ2n) is 10.1. The van der Waals surface area contributed by atoms with Gasteiger partial charge < -0.3 is 4.98 Å². The summed E-state index contributed by atoms with van der Waals surface area (Å²) >= 11 is 0.194. The Hall–Kier alpha value is -3.92. The normalized spacial score (nSPS) is 12.3. The Morgan fingerprint density at radius 1 is 0.500 bits per heavy atom. The van der Waals surface area contributed by atoms with Gasteiger partial charge in [0.1, 0.15) is 0 Å². The number of halogens is 2. The van der Waals surface area contributed by atoms with Gasteiger partial charge in [0, 0.05) is 10.8 Å². The van der Waals surface area contributed by atoms with Crippen LogP contribution in [-0.2, 0) is 13.1 Å². The Labute approximate surface area is 259 Å². The van der Waals surface area contributed by atoms with Crippen LogP contribution < -0.4 is 0 Å². The van der Waals surface area contributed by atoms with E-state index in [1.807, 2.05) is 0 Å². The molecule has 6 aromatic carbocycles. The first-order chi connectivity index (χ1) is 20.5. The van der Waals surface area contributed by atoms with Crippen LogP contribution in [0.3, 0.4) is 0 Å². The summed E-state index contributed by atoms with van der Waals surface area (Å²) in [5.74, 6) is 0. The van der Waals surface area contributed by atoms with E-state index >= 15 is 0 Å². The number of aromatic nitrogens is 1. The van der Waals surface area contributed by atoms with Crippen molar-refractivity contribution in [2.24, 2.45) is 9.98 Å². The Balaban J connectivity index is 0.00000101. The van der Waals surface area contributed by atoms with Crippen molar-refractivity contribution in [1.29, 1.82) is 0 Å². The maximum atomic E-state index is 5.04. The molecule has 0 spiro atoms. The number of fused-ring (bicyclic) bond motifs is 4. The zero-order valence-electron chi connectivity index (χ0n) is 23.1. The zero-order valence-corrected chi connectivity index (χ0v) is 25.7. The molecule has 208 valence electrons. The Morgan fingerprint density at radius 2 is 0.857 bits per heavy atom. The number of hydrogen-bond donors (Lipinski definition) is 1. The molecule has 0 bridgehead atoms. The van der Waals surface area contributed by atoms with Gasteiger partial charge in [0.2, 0.25) is 0 Å². The molecule has 0 aliphatic heterocycles. The van der Waals surface area contributed by atoms with Gasteiger partial charge in [0.15, 0.2) is 0 Å². The average molecular weight is 628 g/mol. The van der Waals surface area contributed by atoms with Crippen molar-refractivity contribution in [2.75, 3.05) is 0 Å². The van der Waals surface area contributed by atoms with Crippen LogP contribution in [-0.4, -0.2) is 16.4 Å². The monoisotopic (exact) mass is 627 g/mol. The Morgan fingerprint density at radius 3 is 1.26 bits per heavy atom. The van der Waals surface area contributed by atoms with Gasteiger partial charge in [0.05, 0.1) is 34.2 Å². The number of H-pyrrole nitrogens is 1. The van der Waals surface area contributed by atoms with E-state index in [9.17, 15) is 0 Å². The SMILES string of the molecule is CC(=Nc1cccc2cc3ccccc3cc12)c1ccc(C(C)=Nc2cccc3cc4ccccc4cc23)[nH]1.[Cl][Fe][Cl]. The number of benzene rings is 6. The second-order valence-corrected chi connectivity index (χ2v) is 11.9. The maximum absolute atomic E-state index is 5.04. The van der Waals surface area contributed by atoms with Gasteiger partial charge in [-0.3, -0.25) is 9.98 Å². The molecule has 3 nitrogen and oxygen atoms in total. The summed E-state index contributed by atoms with van der Waals surface area (Å²) < 4.78 is 0. The van der Waals surface area contributed by atoms with Gasteiger partial charge in [-0.15, -0.1) is 0 Å². The molecule has 0 aliphatic rings. The molecule has 1 heterocycles. The van der Waals surface area contributed by atoms with Crippen LogP contribution in [0.1, 0.15) is 25.2 Å². The molecule has 0 amide bonds. The third-order valence-electron chi connectivity index (χ3n) is 7.49. The molecule has 0 saturated heterocycles. The van der Waals surface area contributed by atoms with E-state index in [-0.39, 0.29) is 13.1 Å². The van der Waals surface area contributed by atoms with Gasteiger partial charge in [-0.1, -0.05) is 72.8 Å². The van der Waals surface area contributed by atoms with Gasteiger partial charge in [-0.2, -0.15) is 0 Å². The molecule has 7 rings (SSSR count). The van der Waals surface area contributed by atoms with Crippen LogP contribution in [0.15, 0.2) is 131 Å². The van der Waals surface area contributed by atoms with Gasteiger partial charge in [-0.05, 0) is 94.7 Å². The fourth-order valence-corrected chi connectivity index (χ4v) is 5.39. The number of nitrogens with zero attached hydrogens (tertiary/aromatic N) is 2. The van der Waals surface area contributed by atoms with Crippen molar-refractivity contribution in [2.45, 2.75) is 13.8 Å². The molecular formula is C36H27Cl2FeN3. The molecule has 0 aliphatic carbocycles. The summed E-state index contributed by atoms with van der Waals surface area (Å²) in [5, 5.41) is 9.63. The van der Waals surface area contributed by atoms with Crippen LogP contribution in [0.5, 0.6) is 0 Å². The minimum atomic E-state index is 0.194. The van der Waals surface area contributed by atoms with Crippen molar-refractivity contribution in [3.8, 4) is 0 Å². The van der Waals surface area contributed by atoms with Crippen LogP contribution in [0, 0.1) is 0 Å². The Bertz CT molecular complexity index is 1980. The predicted molar refractivity (Wildman–Crippen MR) is 179 cm³/mol. The van der Waals surface area contributed by atoms with Crippen molar-refractivity contribution in [3.05, 3.63) is 133 Å². The molecule has 0 radical (unpaired) electrons. The topological polar surface area (TPSA) is 40.5 Å². The minimum absolute atomic E-state index is 0.194. The first-order valence-corrected chi connectivity index (χ1v) is 16.6. The van der Waals surface area contributed by atoms with Gasteiger partial charge in [0.25, 0.3) is 0 Å². The van der Waals surface area contributed by atoms with E-state index in [2.05, 4.69) is 140 Å². The van der Waals surface area contributed by atoms with Crippen molar-refractivity contribution in [3.63, 3.8) is 0 Å². The summed E-state index contributed by atoms with van der Waals surface area (Å²) in [6.45, 7) is 4.11. The van der Waals surface area contributed by atoms with E-state index in [4.69, 9.17) is 30.2 Å². The van der Waals surface area contributed by atoms with Crippen molar-refractivity contribution >= 4 is 86.1 Å². The quantitative estimate of drug-likeness (QED) is 0.115. The molecule has 0 atom stereocenters. The number of aliphatic imine (C=N–C) groups is 2. The third kappa shape index (κ3) is 5.86. The molecule has 42 heavy (non-hydrogen) atoms. The Kier molecular flexibility index (Phi) is 8.41. The predicted octanol–water partition coefficient (Wildman–Crippen LogP) is 11.3. The molecular weight excluding hydrogens is 601 g/mol. The number of nitrogens with one attached hydrogen (secondary N) is 1. The summed E-state index contributed by atoms with van der Waals surface area (Å²) in [4.78, 5) is 13.6. The number of aromatic amines is 1. The van der Waals surface area contributed by atoms with E-state index < -0.39 is 0 Å².